The summed E-state index contributed by atoms with van der Waals surface area (Å²) in [5.74, 6) is -0.0605. The number of hydrogen-bond acceptors (Lipinski definition) is 5. The van der Waals surface area contributed by atoms with E-state index in [4.69, 9.17) is 4.74 Å². The molecule has 2 unspecified atom stereocenters. The highest BCUT2D eigenvalue weighted by atomic mass is 16.5. The third-order valence-electron chi connectivity index (χ3n) is 16.4. The van der Waals surface area contributed by atoms with Crippen LogP contribution in [0.2, 0.25) is 0 Å². The van der Waals surface area contributed by atoms with E-state index in [1.807, 2.05) is 6.08 Å². The maximum atomic E-state index is 12.5. The molecule has 2 atom stereocenters. The zero-order valence-corrected chi connectivity index (χ0v) is 52.7. The molecular formula is C72H137NO5. The minimum Gasteiger partial charge on any atom is -0.466 e. The molecule has 0 saturated heterocycles. The van der Waals surface area contributed by atoms with Gasteiger partial charge in [-0.3, -0.25) is 9.59 Å². The van der Waals surface area contributed by atoms with Gasteiger partial charge in [0, 0.05) is 12.8 Å². The number of carbonyl (C=O) groups excluding carboxylic acids is 2. The largest absolute Gasteiger partial charge is 0.466 e. The van der Waals surface area contributed by atoms with Crippen molar-refractivity contribution < 1.29 is 24.5 Å². The van der Waals surface area contributed by atoms with E-state index in [2.05, 4.69) is 43.5 Å². The number of hydrogen-bond donors (Lipinski definition) is 3. The van der Waals surface area contributed by atoms with Crippen LogP contribution < -0.4 is 5.32 Å². The molecule has 0 spiro atoms. The lowest BCUT2D eigenvalue weighted by molar-refractivity contribution is -0.143. The SMILES string of the molecule is CCCCCCCCCCCCCCCCCCCCCCCC/C=C/C(O)C(CO)NC(=O)CCCCCCCCCCC/C=C\C/C=C\CCCCCCCCCCCOC(=O)CCCCCCCCCCCCCC. The molecule has 6 nitrogen and oxygen atoms in total. The number of unbranched alkanes of at least 4 members (excludes halogenated alkanes) is 51. The molecule has 0 radical (unpaired) electrons. The summed E-state index contributed by atoms with van der Waals surface area (Å²) in [5, 5.41) is 23.3. The smallest absolute Gasteiger partial charge is 0.305 e. The van der Waals surface area contributed by atoms with Gasteiger partial charge in [-0.25, -0.2) is 0 Å². The maximum absolute atomic E-state index is 12.5. The van der Waals surface area contributed by atoms with Crippen molar-refractivity contribution in [3.8, 4) is 0 Å². The van der Waals surface area contributed by atoms with E-state index >= 15 is 0 Å². The average molecular weight is 1100 g/mol. The molecule has 3 N–H and O–H groups in total. The van der Waals surface area contributed by atoms with Gasteiger partial charge in [-0.15, -0.1) is 0 Å². The number of amides is 1. The molecule has 0 aromatic heterocycles. The fourth-order valence-corrected chi connectivity index (χ4v) is 11.0. The first kappa shape index (κ1) is 76.1. The molecule has 1 amide bonds. The third kappa shape index (κ3) is 63.3. The Hall–Kier alpha value is -1.92. The van der Waals surface area contributed by atoms with Crippen LogP contribution in [-0.4, -0.2) is 47.4 Å². The van der Waals surface area contributed by atoms with Crippen LogP contribution >= 0.6 is 0 Å². The molecule has 0 bridgehead atoms. The van der Waals surface area contributed by atoms with E-state index in [-0.39, 0.29) is 18.5 Å². The quantitative estimate of drug-likeness (QED) is 0.0320. The van der Waals surface area contributed by atoms with E-state index in [1.54, 1.807) is 6.08 Å². The van der Waals surface area contributed by atoms with Crippen molar-refractivity contribution >= 4 is 11.9 Å². The molecule has 460 valence electrons. The highest BCUT2D eigenvalue weighted by Gasteiger charge is 2.18. The third-order valence-corrected chi connectivity index (χ3v) is 16.4. The van der Waals surface area contributed by atoms with Gasteiger partial charge in [0.1, 0.15) is 0 Å². The molecule has 0 aromatic rings. The van der Waals surface area contributed by atoms with E-state index in [0.29, 0.717) is 19.4 Å². The number of aliphatic hydroxyl groups is 2. The predicted octanol–water partition coefficient (Wildman–Crippen LogP) is 22.7. The van der Waals surface area contributed by atoms with Crippen LogP contribution in [0.5, 0.6) is 0 Å². The standard InChI is InChI=1S/C72H137NO5/c1-3-5-7-9-11-13-15-17-18-19-20-21-22-26-29-32-35-38-41-44-48-52-56-60-64-70(75)69(68-74)73-71(76)65-61-57-53-49-45-42-39-36-33-30-27-24-23-25-28-31-34-37-40-43-47-51-55-59-63-67-78-72(77)66-62-58-54-50-46-16-14-12-10-8-6-4-2/h24-25,27-28,60,64,69-70,74-75H,3-23,26,29-59,61-63,65-68H2,1-2H3,(H,73,76)/b27-24-,28-25-,64-60+. The van der Waals surface area contributed by atoms with Gasteiger partial charge in [0.25, 0.3) is 0 Å². The molecule has 0 aliphatic rings. The summed E-state index contributed by atoms with van der Waals surface area (Å²) in [6.07, 6.45) is 86.5. The van der Waals surface area contributed by atoms with Gasteiger partial charge in [0.2, 0.25) is 5.91 Å². The summed E-state index contributed by atoms with van der Waals surface area (Å²) in [6.45, 7) is 4.93. The molecule has 0 aliphatic heterocycles. The number of esters is 1. The molecule has 0 aliphatic carbocycles. The summed E-state index contributed by atoms with van der Waals surface area (Å²) in [7, 11) is 0. The van der Waals surface area contributed by atoms with Gasteiger partial charge in [-0.1, -0.05) is 346 Å². The van der Waals surface area contributed by atoms with Crippen molar-refractivity contribution in [2.24, 2.45) is 0 Å². The Kier molecular flexibility index (Phi) is 65.9. The van der Waals surface area contributed by atoms with E-state index in [0.717, 1.165) is 44.9 Å². The van der Waals surface area contributed by atoms with Gasteiger partial charge in [0.05, 0.1) is 25.4 Å². The van der Waals surface area contributed by atoms with Crippen molar-refractivity contribution in [3.05, 3.63) is 36.5 Å². The molecular weight excluding hydrogens is 959 g/mol. The average Bonchev–Trinajstić information content (AvgIpc) is 3.44. The van der Waals surface area contributed by atoms with Crippen LogP contribution in [0.15, 0.2) is 36.5 Å². The Labute approximate surface area is 487 Å². The monoisotopic (exact) mass is 1100 g/mol. The van der Waals surface area contributed by atoms with Crippen molar-refractivity contribution in [1.29, 1.82) is 0 Å². The lowest BCUT2D eigenvalue weighted by atomic mass is 10.0. The number of rotatable bonds is 66. The van der Waals surface area contributed by atoms with E-state index in [1.165, 1.54) is 315 Å². The summed E-state index contributed by atoms with van der Waals surface area (Å²) in [5.41, 5.74) is 0. The first-order valence-electron chi connectivity index (χ1n) is 35.3. The number of nitrogens with one attached hydrogen (secondary N) is 1. The lowest BCUT2D eigenvalue weighted by Gasteiger charge is -2.20. The van der Waals surface area contributed by atoms with Gasteiger partial charge >= 0.3 is 5.97 Å². The minimum atomic E-state index is -0.850. The molecule has 0 heterocycles. The van der Waals surface area contributed by atoms with Crippen molar-refractivity contribution in [3.63, 3.8) is 0 Å². The molecule has 0 aromatic carbocycles. The second kappa shape index (κ2) is 67.6. The van der Waals surface area contributed by atoms with Gasteiger partial charge < -0.3 is 20.3 Å². The van der Waals surface area contributed by atoms with Crippen LogP contribution in [0.3, 0.4) is 0 Å². The Morgan fingerprint density at radius 2 is 0.641 bits per heavy atom. The summed E-state index contributed by atoms with van der Waals surface area (Å²) in [6, 6.07) is -0.634. The van der Waals surface area contributed by atoms with Crippen LogP contribution in [0.4, 0.5) is 0 Å². The Balaban J connectivity index is 3.46. The molecule has 6 heteroatoms. The normalized spacial score (nSPS) is 12.7. The maximum Gasteiger partial charge on any atom is 0.305 e. The van der Waals surface area contributed by atoms with Crippen molar-refractivity contribution in [1.82, 2.24) is 5.32 Å². The second-order valence-electron chi connectivity index (χ2n) is 24.2. The molecule has 0 saturated carbocycles. The number of ether oxygens (including phenoxy) is 1. The Morgan fingerprint density at radius 3 is 0.974 bits per heavy atom. The Morgan fingerprint density at radius 1 is 0.359 bits per heavy atom. The van der Waals surface area contributed by atoms with Gasteiger partial charge in [-0.2, -0.15) is 0 Å². The number of aliphatic hydroxyl groups excluding tert-OH is 2. The van der Waals surface area contributed by atoms with Gasteiger partial charge in [-0.05, 0) is 64.2 Å². The zero-order chi connectivity index (χ0) is 56.4. The molecule has 0 rings (SSSR count). The van der Waals surface area contributed by atoms with E-state index < -0.39 is 12.1 Å². The fourth-order valence-electron chi connectivity index (χ4n) is 11.0. The highest BCUT2D eigenvalue weighted by Crippen LogP contribution is 2.18. The number of carbonyl (C=O) groups is 2. The molecule has 0 fully saturated rings. The van der Waals surface area contributed by atoms with Gasteiger partial charge in [0.15, 0.2) is 0 Å². The van der Waals surface area contributed by atoms with Crippen molar-refractivity contribution in [2.45, 2.75) is 398 Å². The minimum absolute atomic E-state index is 0.00970. The molecule has 78 heavy (non-hydrogen) atoms. The Bertz CT molecular complexity index is 1260. The number of allylic oxidation sites excluding steroid dienone is 5. The van der Waals surface area contributed by atoms with Crippen LogP contribution in [0, 0.1) is 0 Å². The lowest BCUT2D eigenvalue weighted by Crippen LogP contribution is -2.45. The highest BCUT2D eigenvalue weighted by molar-refractivity contribution is 5.76. The first-order valence-corrected chi connectivity index (χ1v) is 35.3. The summed E-state index contributed by atoms with van der Waals surface area (Å²) >= 11 is 0. The van der Waals surface area contributed by atoms with Crippen LogP contribution in [-0.2, 0) is 14.3 Å². The summed E-state index contributed by atoms with van der Waals surface area (Å²) in [4.78, 5) is 24.6. The summed E-state index contributed by atoms with van der Waals surface area (Å²) < 4.78 is 5.47. The second-order valence-corrected chi connectivity index (χ2v) is 24.2. The zero-order valence-electron chi connectivity index (χ0n) is 52.7. The topological polar surface area (TPSA) is 95.9 Å². The van der Waals surface area contributed by atoms with Crippen LogP contribution in [0.1, 0.15) is 386 Å². The van der Waals surface area contributed by atoms with Crippen LogP contribution in [0.25, 0.3) is 0 Å². The van der Waals surface area contributed by atoms with E-state index in [9.17, 15) is 19.8 Å². The first-order chi connectivity index (χ1) is 38.5. The van der Waals surface area contributed by atoms with Crippen molar-refractivity contribution in [2.75, 3.05) is 13.2 Å². The predicted molar refractivity (Wildman–Crippen MR) is 343 cm³/mol. The fraction of sp³-hybridized carbons (Fsp3) is 0.889.